The van der Waals surface area contributed by atoms with Gasteiger partial charge in [0.2, 0.25) is 0 Å². The zero-order valence-corrected chi connectivity index (χ0v) is 33.8. The third-order valence-electron chi connectivity index (χ3n) is 10.5. The number of ether oxygens (including phenoxy) is 3. The number of amides is 1. The summed E-state index contributed by atoms with van der Waals surface area (Å²) in [6.45, 7) is 17.9. The minimum atomic E-state index is 0.0280. The smallest absolute Gasteiger partial charge is 0.251 e. The summed E-state index contributed by atoms with van der Waals surface area (Å²) in [4.78, 5) is 17.9. The Hall–Kier alpha value is -2.91. The van der Waals surface area contributed by atoms with E-state index in [4.69, 9.17) is 14.2 Å². The first-order valence-corrected chi connectivity index (χ1v) is 19.5. The topological polar surface area (TPSA) is 89.3 Å². The van der Waals surface area contributed by atoms with Crippen molar-refractivity contribution in [2.24, 2.45) is 17.6 Å². The molecule has 5 atom stereocenters. The van der Waals surface area contributed by atoms with Crippen molar-refractivity contribution in [3.05, 3.63) is 82.4 Å². The van der Waals surface area contributed by atoms with Crippen LogP contribution in [0.15, 0.2) is 71.2 Å². The minimum Gasteiger partial charge on any atom is -0.500 e. The van der Waals surface area contributed by atoms with Crippen molar-refractivity contribution < 1.29 is 19.0 Å². The number of morpholine rings is 1. The van der Waals surface area contributed by atoms with Crippen molar-refractivity contribution in [2.45, 2.75) is 118 Å². The Morgan fingerprint density at radius 2 is 1.67 bits per heavy atom. The van der Waals surface area contributed by atoms with Crippen molar-refractivity contribution in [1.82, 2.24) is 15.1 Å². The van der Waals surface area contributed by atoms with Crippen LogP contribution < -0.4 is 11.1 Å². The van der Waals surface area contributed by atoms with Gasteiger partial charge in [-0.15, -0.1) is 0 Å². The summed E-state index contributed by atoms with van der Waals surface area (Å²) in [5.74, 6) is 2.50. The van der Waals surface area contributed by atoms with E-state index in [1.807, 2.05) is 30.4 Å². The molecule has 4 rings (SSSR count). The van der Waals surface area contributed by atoms with Gasteiger partial charge in [0.15, 0.2) is 0 Å². The molecule has 8 heteroatoms. The second kappa shape index (κ2) is 24.4. The molecule has 5 unspecified atom stereocenters. The third-order valence-corrected chi connectivity index (χ3v) is 10.5. The van der Waals surface area contributed by atoms with E-state index < -0.39 is 0 Å². The van der Waals surface area contributed by atoms with Crippen LogP contribution in [0, 0.1) is 11.8 Å². The van der Waals surface area contributed by atoms with Gasteiger partial charge in [0.25, 0.3) is 5.91 Å². The molecule has 2 fully saturated rings. The van der Waals surface area contributed by atoms with Crippen molar-refractivity contribution in [1.29, 1.82) is 0 Å². The van der Waals surface area contributed by atoms with Gasteiger partial charge in [-0.3, -0.25) is 9.69 Å². The summed E-state index contributed by atoms with van der Waals surface area (Å²) in [7, 11) is 7.06. The molecule has 2 aliphatic heterocycles. The fraction of sp³-hybridized carbons (Fsp3) is 0.651. The number of hydrogen-bond acceptors (Lipinski definition) is 7. The number of hydrogen-bond donors (Lipinski definition) is 2. The number of nitrogens with zero attached hydrogens (tertiary/aromatic N) is 2. The molecule has 1 aliphatic carbocycles. The number of nitrogens with two attached hydrogens (primary N) is 1. The van der Waals surface area contributed by atoms with Crippen molar-refractivity contribution >= 4 is 5.91 Å². The number of allylic oxidation sites excluding steroid dienone is 5. The third kappa shape index (κ3) is 14.6. The number of fused-ring (bicyclic) bond motifs is 2. The maximum atomic E-state index is 12.8. The number of nitrogens with one attached hydrogen (secondary N) is 1. The largest absolute Gasteiger partial charge is 0.500 e. The van der Waals surface area contributed by atoms with Gasteiger partial charge in [-0.05, 0) is 95.7 Å². The van der Waals surface area contributed by atoms with Crippen molar-refractivity contribution in [2.75, 3.05) is 54.6 Å². The second-order valence-corrected chi connectivity index (χ2v) is 14.3. The van der Waals surface area contributed by atoms with Crippen LogP contribution in [-0.2, 0) is 20.8 Å². The minimum absolute atomic E-state index is 0.0280. The number of methoxy groups -OCH3 is 2. The summed E-state index contributed by atoms with van der Waals surface area (Å²) in [5, 5.41) is 3.17. The molecular weight excluding hydrogens is 636 g/mol. The number of unbranched alkanes of at least 4 members (excludes halogenated alkanes) is 1. The van der Waals surface area contributed by atoms with Crippen LogP contribution in [-0.4, -0.2) is 88.5 Å². The monoisotopic (exact) mass is 709 g/mol. The molecule has 0 saturated carbocycles. The number of carbonyl (C=O) groups excluding carboxylic acids is 1. The van der Waals surface area contributed by atoms with Crippen LogP contribution >= 0.6 is 0 Å². The Labute approximate surface area is 311 Å². The first kappa shape index (κ1) is 44.3. The molecule has 2 saturated heterocycles. The molecule has 51 heavy (non-hydrogen) atoms. The molecule has 1 amide bonds. The zero-order chi connectivity index (χ0) is 37.8. The summed E-state index contributed by atoms with van der Waals surface area (Å²) in [6, 6.07) is 9.82. The van der Waals surface area contributed by atoms with Crippen LogP contribution in [0.2, 0.25) is 0 Å². The number of rotatable bonds is 17. The fourth-order valence-corrected chi connectivity index (χ4v) is 7.20. The van der Waals surface area contributed by atoms with E-state index in [2.05, 4.69) is 87.6 Å². The highest BCUT2D eigenvalue weighted by Crippen LogP contribution is 2.30. The highest BCUT2D eigenvalue weighted by molar-refractivity contribution is 5.94. The number of carbonyl (C=O) groups is 1. The van der Waals surface area contributed by atoms with Gasteiger partial charge in [0.1, 0.15) is 11.5 Å². The van der Waals surface area contributed by atoms with Crippen molar-refractivity contribution in [3.63, 3.8) is 0 Å². The molecule has 8 nitrogen and oxygen atoms in total. The molecule has 1 aromatic carbocycles. The lowest BCUT2D eigenvalue weighted by molar-refractivity contribution is -0.0186. The zero-order valence-electron chi connectivity index (χ0n) is 33.8. The molecule has 2 heterocycles. The Balaban J connectivity index is 0.000000540. The Bertz CT molecular complexity index is 1260. The number of benzene rings is 1. The molecule has 3 aliphatic rings. The van der Waals surface area contributed by atoms with E-state index in [0.29, 0.717) is 36.5 Å². The summed E-state index contributed by atoms with van der Waals surface area (Å²) in [5.41, 5.74) is 9.86. The maximum Gasteiger partial charge on any atom is 0.251 e. The summed E-state index contributed by atoms with van der Waals surface area (Å²) in [6.07, 6.45) is 17.7. The van der Waals surface area contributed by atoms with E-state index in [-0.39, 0.29) is 5.91 Å². The Kier molecular flexibility index (Phi) is 21.1. The van der Waals surface area contributed by atoms with Crippen LogP contribution in [0.5, 0.6) is 0 Å². The van der Waals surface area contributed by atoms with Gasteiger partial charge >= 0.3 is 0 Å². The molecule has 1 aromatic rings. The first-order chi connectivity index (χ1) is 24.6. The van der Waals surface area contributed by atoms with E-state index in [1.165, 1.54) is 51.1 Å². The highest BCUT2D eigenvalue weighted by Gasteiger charge is 2.37. The molecule has 0 spiro atoms. The highest BCUT2D eigenvalue weighted by atomic mass is 16.5. The van der Waals surface area contributed by atoms with E-state index in [1.54, 1.807) is 25.4 Å². The fourth-order valence-electron chi connectivity index (χ4n) is 7.20. The van der Waals surface area contributed by atoms with Gasteiger partial charge in [-0.1, -0.05) is 76.5 Å². The summed E-state index contributed by atoms with van der Waals surface area (Å²) >= 11 is 0. The van der Waals surface area contributed by atoms with E-state index in [9.17, 15) is 4.79 Å². The maximum absolute atomic E-state index is 12.8. The van der Waals surface area contributed by atoms with Crippen LogP contribution in [0.25, 0.3) is 0 Å². The van der Waals surface area contributed by atoms with Crippen LogP contribution in [0.3, 0.4) is 0 Å². The van der Waals surface area contributed by atoms with Crippen molar-refractivity contribution in [3.8, 4) is 0 Å². The van der Waals surface area contributed by atoms with Gasteiger partial charge in [0, 0.05) is 55.3 Å². The molecule has 0 radical (unpaired) electrons. The van der Waals surface area contributed by atoms with Crippen LogP contribution in [0.1, 0.15) is 109 Å². The standard InChI is InChI=1S/C32H53N3O2.C10H14O2.CH5N/c1-7-10-11-27(8-2)28(9-3)18-25(5)34(6)20-24(4)19-33-32(36)29-14-12-26(13-15-29)21-35-30-16-17-31(35)23-37-22-30;1-8-5-4-6-9(11-2)7-10(8)12-3;1-2/h12-15,24-25,30-31H,7-11,16-23H2,1-6H3,(H,33,36);4-8H,1-3H3;2H2,1H3/b28-27+;;. The average Bonchev–Trinajstić information content (AvgIpc) is 3.29. The Morgan fingerprint density at radius 1 is 1.02 bits per heavy atom. The lowest BCUT2D eigenvalue weighted by Crippen LogP contribution is -2.45. The Morgan fingerprint density at radius 3 is 2.24 bits per heavy atom. The first-order valence-electron chi connectivity index (χ1n) is 19.5. The predicted octanol–water partition coefficient (Wildman–Crippen LogP) is 8.26. The van der Waals surface area contributed by atoms with Gasteiger partial charge in [-0.2, -0.15) is 0 Å². The summed E-state index contributed by atoms with van der Waals surface area (Å²) < 4.78 is 16.0. The molecule has 3 N–H and O–H groups in total. The van der Waals surface area contributed by atoms with E-state index >= 15 is 0 Å². The molecule has 0 aromatic heterocycles. The van der Waals surface area contributed by atoms with Gasteiger partial charge < -0.3 is 30.2 Å². The van der Waals surface area contributed by atoms with Gasteiger partial charge in [-0.25, -0.2) is 0 Å². The van der Waals surface area contributed by atoms with E-state index in [0.717, 1.165) is 56.2 Å². The SMILES string of the molecule is CCCC/C(CC)=C(\CC)CC(C)N(C)CC(C)CNC(=O)c1ccc(CN2C3CCC2COC3)cc1.CN.COC1=CC=CC(C)C(OC)=C1. The molecule has 288 valence electrons. The molecule has 2 bridgehead atoms. The lowest BCUT2D eigenvalue weighted by Gasteiger charge is -2.34. The lowest BCUT2D eigenvalue weighted by atomic mass is 9.93. The molecular formula is C43H72N4O4. The van der Waals surface area contributed by atoms with Crippen LogP contribution in [0.4, 0.5) is 0 Å². The predicted molar refractivity (Wildman–Crippen MR) is 214 cm³/mol. The quantitative estimate of drug-likeness (QED) is 0.158. The normalized spacial score (nSPS) is 21.5. The van der Waals surface area contributed by atoms with Gasteiger partial charge in [0.05, 0.1) is 27.4 Å². The average molecular weight is 709 g/mol. The second-order valence-electron chi connectivity index (χ2n) is 14.3.